The van der Waals surface area contributed by atoms with Crippen LogP contribution in [0.15, 0.2) is 73.0 Å². The first-order valence-electron chi connectivity index (χ1n) is 8.23. The van der Waals surface area contributed by atoms with Crippen molar-refractivity contribution in [2.45, 2.75) is 38.5 Å². The molecule has 1 aromatic carbocycles. The molecular formula is C21H26FNS. The number of nitrogens with zero attached hydrogens (tertiary/aromatic N) is 1. The second kappa shape index (κ2) is 9.99. The molecule has 1 aromatic rings. The highest BCUT2D eigenvalue weighted by molar-refractivity contribution is 7.94. The highest BCUT2D eigenvalue weighted by Gasteiger charge is 2.22. The highest BCUT2D eigenvalue weighted by Crippen LogP contribution is 2.39. The van der Waals surface area contributed by atoms with Gasteiger partial charge in [0.15, 0.2) is 0 Å². The maximum Gasteiger partial charge on any atom is 0.0812 e. The molecule has 0 unspecified atom stereocenters. The van der Waals surface area contributed by atoms with E-state index in [4.69, 9.17) is 0 Å². The van der Waals surface area contributed by atoms with E-state index in [1.165, 1.54) is 5.57 Å². The number of hydrogen-bond donors (Lipinski definition) is 0. The summed E-state index contributed by atoms with van der Waals surface area (Å²) in [5.74, 6) is 0. The summed E-state index contributed by atoms with van der Waals surface area (Å²) >= 11 is 0.254. The molecule has 0 amide bonds. The van der Waals surface area contributed by atoms with Gasteiger partial charge in [-0.3, -0.25) is 0 Å². The summed E-state index contributed by atoms with van der Waals surface area (Å²) in [4.78, 5) is 2.58. The summed E-state index contributed by atoms with van der Waals surface area (Å²) in [5.41, 5.74) is 5.03. The molecule has 2 rings (SSSR count). The van der Waals surface area contributed by atoms with E-state index in [0.717, 1.165) is 35.4 Å². The minimum absolute atomic E-state index is 0.254. The predicted molar refractivity (Wildman–Crippen MR) is 107 cm³/mol. The van der Waals surface area contributed by atoms with E-state index in [-0.39, 0.29) is 12.1 Å². The molecule has 1 nitrogen and oxygen atoms in total. The van der Waals surface area contributed by atoms with Gasteiger partial charge < -0.3 is 4.90 Å². The number of allylic oxidation sites excluding steroid dienone is 4. The van der Waals surface area contributed by atoms with Gasteiger partial charge in [-0.1, -0.05) is 59.1 Å². The molecule has 128 valence electrons. The minimum atomic E-state index is 0.254. The summed E-state index contributed by atoms with van der Waals surface area (Å²) < 4.78 is 12.9. The summed E-state index contributed by atoms with van der Waals surface area (Å²) in [6.45, 7) is 17.9. The lowest BCUT2D eigenvalue weighted by Crippen LogP contribution is -2.19. The van der Waals surface area contributed by atoms with Gasteiger partial charge in [0.05, 0.1) is 12.1 Å². The van der Waals surface area contributed by atoms with Crippen molar-refractivity contribution in [1.29, 1.82) is 0 Å². The molecule has 3 heteroatoms. The van der Waals surface area contributed by atoms with Crippen molar-refractivity contribution in [2.75, 3.05) is 0 Å². The molecule has 1 aliphatic rings. The zero-order valence-electron chi connectivity index (χ0n) is 14.8. The normalized spacial score (nSPS) is 13.5. The molecule has 0 fully saturated rings. The quantitative estimate of drug-likeness (QED) is 0.496. The van der Waals surface area contributed by atoms with Crippen LogP contribution in [0.2, 0.25) is 0 Å². The van der Waals surface area contributed by atoms with E-state index >= 15 is 0 Å². The Bertz CT molecular complexity index is 670. The second-order valence-electron chi connectivity index (χ2n) is 5.04. The lowest BCUT2D eigenvalue weighted by molar-refractivity contribution is 0.672. The maximum atomic E-state index is 12.9. The monoisotopic (exact) mass is 343 g/mol. The Morgan fingerprint density at radius 1 is 1.25 bits per heavy atom. The molecule has 1 heterocycles. The molecule has 0 spiro atoms. The zero-order valence-corrected chi connectivity index (χ0v) is 15.6. The number of hydrogen-bond acceptors (Lipinski definition) is 2. The van der Waals surface area contributed by atoms with Gasteiger partial charge in [-0.2, -0.15) is 3.89 Å². The summed E-state index contributed by atoms with van der Waals surface area (Å²) in [7, 11) is 0. The highest BCUT2D eigenvalue weighted by atomic mass is 32.2. The topological polar surface area (TPSA) is 3.24 Å². The Labute approximate surface area is 150 Å². The van der Waals surface area contributed by atoms with Crippen LogP contribution in [0.5, 0.6) is 0 Å². The van der Waals surface area contributed by atoms with Crippen molar-refractivity contribution in [1.82, 2.24) is 4.90 Å². The van der Waals surface area contributed by atoms with Gasteiger partial charge in [-0.25, -0.2) is 0 Å². The molecule has 0 atom stereocenters. The average Bonchev–Trinajstić information content (AvgIpc) is 2.63. The van der Waals surface area contributed by atoms with Crippen LogP contribution in [-0.2, 0) is 0 Å². The summed E-state index contributed by atoms with van der Waals surface area (Å²) in [6.07, 6.45) is 9.47. The van der Waals surface area contributed by atoms with Crippen LogP contribution in [0.3, 0.4) is 0 Å². The van der Waals surface area contributed by atoms with Crippen LogP contribution in [0, 0.1) is 0 Å². The largest absolute Gasteiger partial charge is 0.317 e. The summed E-state index contributed by atoms with van der Waals surface area (Å²) in [6, 6.07) is 5.64. The van der Waals surface area contributed by atoms with E-state index in [0.29, 0.717) is 4.90 Å². The minimum Gasteiger partial charge on any atom is -0.317 e. The number of rotatable bonds is 6. The zero-order chi connectivity index (χ0) is 18.1. The average molecular weight is 344 g/mol. The number of fused-ring (bicyclic) bond motifs is 1. The number of benzene rings is 1. The molecule has 0 saturated carbocycles. The third kappa shape index (κ3) is 4.30. The van der Waals surface area contributed by atoms with Gasteiger partial charge in [0, 0.05) is 28.1 Å². The third-order valence-corrected chi connectivity index (χ3v) is 4.04. The van der Waals surface area contributed by atoms with Crippen LogP contribution in [0.4, 0.5) is 3.89 Å². The van der Waals surface area contributed by atoms with Gasteiger partial charge in [0.25, 0.3) is 0 Å². The van der Waals surface area contributed by atoms with E-state index in [9.17, 15) is 3.89 Å². The van der Waals surface area contributed by atoms with Crippen molar-refractivity contribution in [2.24, 2.45) is 0 Å². The molecule has 1 aliphatic heterocycles. The first-order valence-corrected chi connectivity index (χ1v) is 8.95. The fourth-order valence-electron chi connectivity index (χ4n) is 2.59. The molecule has 0 aromatic heterocycles. The Morgan fingerprint density at radius 2 is 1.96 bits per heavy atom. The van der Waals surface area contributed by atoms with Crippen LogP contribution < -0.4 is 0 Å². The molecular weight excluding hydrogens is 317 g/mol. The SMILES string of the molecule is C=C/C=C(\C=C)N1C=C(CCC)c2ccc(SF)cc2C1=C.CC. The third-order valence-electron chi connectivity index (χ3n) is 3.61. The standard InChI is InChI=1S/C19H20FNS.C2H6/c1-5-8-15-13-21(16(7-3)9-6-2)14(4)19-12-17(22-20)10-11-18(15)19;1-2/h6-7,9-13H,2-5,8H2,1H3;1-2H3/b16-9+;. The first-order chi connectivity index (χ1) is 11.7. The molecule has 0 N–H and O–H groups in total. The van der Waals surface area contributed by atoms with Crippen molar-refractivity contribution >= 4 is 23.4 Å². The van der Waals surface area contributed by atoms with E-state index < -0.39 is 0 Å². The van der Waals surface area contributed by atoms with Crippen molar-refractivity contribution < 1.29 is 3.89 Å². The van der Waals surface area contributed by atoms with E-state index in [1.807, 2.05) is 43.0 Å². The van der Waals surface area contributed by atoms with E-state index in [2.05, 4.69) is 32.9 Å². The smallest absolute Gasteiger partial charge is 0.0812 e. The van der Waals surface area contributed by atoms with Crippen LogP contribution in [0.1, 0.15) is 44.7 Å². The summed E-state index contributed by atoms with van der Waals surface area (Å²) in [5, 5.41) is 0. The fraction of sp³-hybridized carbons (Fsp3) is 0.238. The molecule has 0 aliphatic carbocycles. The second-order valence-corrected chi connectivity index (χ2v) is 5.66. The molecule has 24 heavy (non-hydrogen) atoms. The van der Waals surface area contributed by atoms with E-state index in [1.54, 1.807) is 12.2 Å². The predicted octanol–water partition coefficient (Wildman–Crippen LogP) is 7.37. The van der Waals surface area contributed by atoms with Gasteiger partial charge >= 0.3 is 0 Å². The lowest BCUT2D eigenvalue weighted by Gasteiger charge is -2.32. The van der Waals surface area contributed by atoms with Crippen LogP contribution in [-0.4, -0.2) is 4.90 Å². The van der Waals surface area contributed by atoms with Crippen LogP contribution in [0.25, 0.3) is 11.3 Å². The molecule has 0 saturated heterocycles. The Morgan fingerprint density at radius 3 is 2.50 bits per heavy atom. The first kappa shape index (κ1) is 20.0. The lowest BCUT2D eigenvalue weighted by atomic mass is 9.92. The van der Waals surface area contributed by atoms with Crippen molar-refractivity contribution in [3.8, 4) is 0 Å². The van der Waals surface area contributed by atoms with Gasteiger partial charge in [-0.15, -0.1) is 0 Å². The number of halogens is 1. The Kier molecular flexibility index (Phi) is 8.34. The van der Waals surface area contributed by atoms with Crippen LogP contribution >= 0.6 is 12.1 Å². The Hall–Kier alpha value is -2.00. The van der Waals surface area contributed by atoms with Gasteiger partial charge in [0.1, 0.15) is 0 Å². The fourth-order valence-corrected chi connectivity index (χ4v) is 2.87. The maximum absolute atomic E-state index is 12.9. The van der Waals surface area contributed by atoms with Gasteiger partial charge in [0.2, 0.25) is 0 Å². The Balaban J connectivity index is 0.00000139. The molecule has 0 radical (unpaired) electrons. The molecule has 0 bridgehead atoms. The van der Waals surface area contributed by atoms with Crippen molar-refractivity contribution in [3.05, 3.63) is 79.2 Å². The van der Waals surface area contributed by atoms with Gasteiger partial charge in [-0.05, 0) is 41.8 Å². The van der Waals surface area contributed by atoms with Crippen molar-refractivity contribution in [3.63, 3.8) is 0 Å².